The average Bonchev–Trinajstić information content (AvgIpc) is 2.80. The van der Waals surface area contributed by atoms with E-state index in [2.05, 4.69) is 42.2 Å². The minimum absolute atomic E-state index is 0.437. The van der Waals surface area contributed by atoms with E-state index in [1.165, 1.54) is 5.56 Å². The molecule has 1 fully saturated rings. The Kier molecular flexibility index (Phi) is 5.96. The monoisotopic (exact) mass is 403 g/mol. The Hall–Kier alpha value is -2.97. The minimum atomic E-state index is -0.909. The summed E-state index contributed by atoms with van der Waals surface area (Å²) in [6.07, 6.45) is 2.14. The van der Waals surface area contributed by atoms with E-state index in [9.17, 15) is 10.4 Å². The lowest BCUT2D eigenvalue weighted by Crippen LogP contribution is -2.41. The van der Waals surface area contributed by atoms with Crippen LogP contribution in [0.25, 0.3) is 5.70 Å². The second-order valence-electron chi connectivity index (χ2n) is 8.05. The topological polar surface area (TPSA) is 59.7 Å². The minimum Gasteiger partial charge on any atom is -0.494 e. The number of benzene rings is 2. The van der Waals surface area contributed by atoms with Gasteiger partial charge in [0.05, 0.1) is 12.3 Å². The lowest BCUT2D eigenvalue weighted by atomic mass is 9.88. The number of fused-ring (bicyclic) bond motifs is 1. The molecule has 2 heterocycles. The number of rotatable bonds is 5. The molecule has 2 aliphatic rings. The number of likely N-dealkylation sites (tertiary alicyclic amines) is 1. The fourth-order valence-electron chi connectivity index (χ4n) is 4.52. The summed E-state index contributed by atoms with van der Waals surface area (Å²) in [7, 11) is 1.83. The van der Waals surface area contributed by atoms with Gasteiger partial charge in [0.1, 0.15) is 17.4 Å². The highest BCUT2D eigenvalue weighted by Gasteiger charge is 2.34. The molecule has 0 saturated carbocycles. The van der Waals surface area contributed by atoms with Gasteiger partial charge in [-0.2, -0.15) is 5.26 Å². The van der Waals surface area contributed by atoms with Crippen molar-refractivity contribution in [2.75, 3.05) is 31.6 Å². The van der Waals surface area contributed by atoms with Gasteiger partial charge >= 0.3 is 0 Å². The molecule has 0 aromatic heterocycles. The number of nitrogens with zero attached hydrogens (tertiary/aromatic N) is 3. The predicted molar refractivity (Wildman–Crippen MR) is 119 cm³/mol. The van der Waals surface area contributed by atoms with E-state index < -0.39 is 6.23 Å². The zero-order valence-electron chi connectivity index (χ0n) is 17.7. The number of para-hydroxylation sites is 1. The summed E-state index contributed by atoms with van der Waals surface area (Å²) in [6.45, 7) is 4.59. The average molecular weight is 404 g/mol. The Morgan fingerprint density at radius 1 is 1.10 bits per heavy atom. The number of aliphatic hydroxyl groups excluding tert-OH is 1. The van der Waals surface area contributed by atoms with E-state index in [1.807, 2.05) is 31.3 Å². The van der Waals surface area contributed by atoms with Crippen LogP contribution in [0.4, 0.5) is 5.69 Å². The molecular formula is C25H29N3O2. The molecule has 1 unspecified atom stereocenters. The molecule has 0 amide bonds. The first-order valence-electron chi connectivity index (χ1n) is 10.8. The molecule has 2 aromatic rings. The SMILES string of the molecule is CCCOc1ccc(C2CCN(C3=C(C#N)C(O)N(C)c4ccccc43)CC2)cc1. The number of anilines is 1. The second-order valence-corrected chi connectivity index (χ2v) is 8.05. The van der Waals surface area contributed by atoms with Crippen LogP contribution in [-0.2, 0) is 0 Å². The highest BCUT2D eigenvalue weighted by atomic mass is 16.5. The van der Waals surface area contributed by atoms with Gasteiger partial charge in [0, 0.05) is 31.4 Å². The number of aliphatic hydroxyl groups is 1. The van der Waals surface area contributed by atoms with E-state index in [0.29, 0.717) is 11.5 Å². The molecular weight excluding hydrogens is 374 g/mol. The van der Waals surface area contributed by atoms with Crippen LogP contribution in [-0.4, -0.2) is 43.0 Å². The Labute approximate surface area is 178 Å². The van der Waals surface area contributed by atoms with Crippen molar-refractivity contribution in [1.29, 1.82) is 5.26 Å². The Morgan fingerprint density at radius 2 is 1.80 bits per heavy atom. The van der Waals surface area contributed by atoms with Crippen LogP contribution in [0.3, 0.4) is 0 Å². The lowest BCUT2D eigenvalue weighted by Gasteiger charge is -2.41. The van der Waals surface area contributed by atoms with Crippen molar-refractivity contribution in [3.63, 3.8) is 0 Å². The van der Waals surface area contributed by atoms with Gasteiger partial charge in [-0.05, 0) is 48.9 Å². The Balaban J connectivity index is 1.52. The van der Waals surface area contributed by atoms with Crippen LogP contribution in [0.5, 0.6) is 5.75 Å². The molecule has 1 N–H and O–H groups in total. The number of likely N-dealkylation sites (N-methyl/N-ethyl adjacent to an activating group) is 1. The molecule has 2 aliphatic heterocycles. The molecule has 2 aromatic carbocycles. The zero-order valence-corrected chi connectivity index (χ0v) is 17.7. The van der Waals surface area contributed by atoms with E-state index in [4.69, 9.17) is 4.74 Å². The van der Waals surface area contributed by atoms with Gasteiger partial charge in [-0.15, -0.1) is 0 Å². The fraction of sp³-hybridized carbons (Fsp3) is 0.400. The molecule has 5 heteroatoms. The van der Waals surface area contributed by atoms with E-state index in [-0.39, 0.29) is 0 Å². The number of ether oxygens (including phenoxy) is 1. The van der Waals surface area contributed by atoms with Gasteiger partial charge in [-0.1, -0.05) is 37.3 Å². The molecule has 1 atom stereocenters. The van der Waals surface area contributed by atoms with Crippen LogP contribution in [0.15, 0.2) is 54.1 Å². The van der Waals surface area contributed by atoms with Crippen molar-refractivity contribution < 1.29 is 9.84 Å². The highest BCUT2D eigenvalue weighted by Crippen LogP contribution is 2.40. The summed E-state index contributed by atoms with van der Waals surface area (Å²) in [5.74, 6) is 1.43. The van der Waals surface area contributed by atoms with Crippen LogP contribution in [0.2, 0.25) is 0 Å². The molecule has 5 nitrogen and oxygen atoms in total. The summed E-state index contributed by atoms with van der Waals surface area (Å²) in [6, 6.07) is 18.8. The normalized spacial score (nSPS) is 19.5. The zero-order chi connectivity index (χ0) is 21.1. The first kappa shape index (κ1) is 20.3. The molecule has 4 rings (SSSR count). The third-order valence-electron chi connectivity index (χ3n) is 6.18. The van der Waals surface area contributed by atoms with Gasteiger partial charge in [0.2, 0.25) is 0 Å². The van der Waals surface area contributed by atoms with Crippen molar-refractivity contribution >= 4 is 11.4 Å². The summed E-state index contributed by atoms with van der Waals surface area (Å²) in [5, 5.41) is 20.5. The van der Waals surface area contributed by atoms with Crippen LogP contribution >= 0.6 is 0 Å². The number of hydrogen-bond donors (Lipinski definition) is 1. The first-order chi connectivity index (χ1) is 14.6. The maximum Gasteiger partial charge on any atom is 0.165 e. The second kappa shape index (κ2) is 8.81. The molecule has 30 heavy (non-hydrogen) atoms. The van der Waals surface area contributed by atoms with Gasteiger partial charge in [0.25, 0.3) is 0 Å². The van der Waals surface area contributed by atoms with Crippen LogP contribution < -0.4 is 9.64 Å². The van der Waals surface area contributed by atoms with Crippen LogP contribution in [0, 0.1) is 11.3 Å². The summed E-state index contributed by atoms with van der Waals surface area (Å²) in [4.78, 5) is 4.05. The maximum absolute atomic E-state index is 10.7. The highest BCUT2D eigenvalue weighted by molar-refractivity contribution is 5.84. The molecule has 1 saturated heterocycles. The van der Waals surface area contributed by atoms with Crippen molar-refractivity contribution in [1.82, 2.24) is 4.90 Å². The summed E-state index contributed by atoms with van der Waals surface area (Å²) in [5.41, 5.74) is 4.66. The smallest absolute Gasteiger partial charge is 0.165 e. The first-order valence-corrected chi connectivity index (χ1v) is 10.8. The van der Waals surface area contributed by atoms with Gasteiger partial charge in [-0.3, -0.25) is 0 Å². The summed E-state index contributed by atoms with van der Waals surface area (Å²) < 4.78 is 5.70. The van der Waals surface area contributed by atoms with Crippen LogP contribution in [0.1, 0.15) is 43.2 Å². The number of piperidine rings is 1. The van der Waals surface area contributed by atoms with Crippen molar-refractivity contribution in [3.8, 4) is 11.8 Å². The summed E-state index contributed by atoms with van der Waals surface area (Å²) >= 11 is 0. The standard InChI is InChI=1S/C25H29N3O2/c1-3-16-30-20-10-8-18(9-11-20)19-12-14-28(15-13-19)24-21-6-4-5-7-23(21)27(2)25(29)22(24)17-26/h4-11,19,25,29H,3,12-16H2,1-2H3. The maximum atomic E-state index is 10.7. The van der Waals surface area contributed by atoms with Crippen molar-refractivity contribution in [2.45, 2.75) is 38.3 Å². The molecule has 0 aliphatic carbocycles. The van der Waals surface area contributed by atoms with Gasteiger partial charge in [0.15, 0.2) is 6.23 Å². The largest absolute Gasteiger partial charge is 0.494 e. The Morgan fingerprint density at radius 3 is 2.47 bits per heavy atom. The fourth-order valence-corrected chi connectivity index (χ4v) is 4.52. The molecule has 156 valence electrons. The van der Waals surface area contributed by atoms with E-state index in [0.717, 1.165) is 61.7 Å². The molecule has 0 radical (unpaired) electrons. The number of hydrogen-bond acceptors (Lipinski definition) is 5. The third-order valence-corrected chi connectivity index (χ3v) is 6.18. The molecule has 0 spiro atoms. The third kappa shape index (κ3) is 3.76. The van der Waals surface area contributed by atoms with E-state index >= 15 is 0 Å². The Bertz CT molecular complexity index is 953. The van der Waals surface area contributed by atoms with Crippen molar-refractivity contribution in [2.24, 2.45) is 0 Å². The predicted octanol–water partition coefficient (Wildman–Crippen LogP) is 4.36. The lowest BCUT2D eigenvalue weighted by molar-refractivity contribution is 0.209. The van der Waals surface area contributed by atoms with E-state index in [1.54, 1.807) is 4.90 Å². The quantitative estimate of drug-likeness (QED) is 0.804. The van der Waals surface area contributed by atoms with Gasteiger partial charge < -0.3 is 19.6 Å². The number of nitriles is 1. The van der Waals surface area contributed by atoms with Crippen molar-refractivity contribution in [3.05, 3.63) is 65.2 Å². The molecule has 0 bridgehead atoms. The van der Waals surface area contributed by atoms with Gasteiger partial charge in [-0.25, -0.2) is 0 Å².